The van der Waals surface area contributed by atoms with Crippen LogP contribution in [0.15, 0.2) is 40.9 Å². The van der Waals surface area contributed by atoms with E-state index in [0.717, 1.165) is 10.9 Å². The summed E-state index contributed by atoms with van der Waals surface area (Å²) in [4.78, 5) is 21.1. The van der Waals surface area contributed by atoms with Gasteiger partial charge in [0.15, 0.2) is 5.76 Å². The van der Waals surface area contributed by atoms with Crippen molar-refractivity contribution < 1.29 is 9.21 Å². The topological polar surface area (TPSA) is 73.4 Å². The summed E-state index contributed by atoms with van der Waals surface area (Å²) in [7, 11) is 0. The summed E-state index contributed by atoms with van der Waals surface area (Å²) in [5, 5.41) is 10.7. The van der Waals surface area contributed by atoms with Crippen molar-refractivity contribution in [1.29, 1.82) is 5.26 Å². The largest absolute Gasteiger partial charge is 0.451 e. The summed E-state index contributed by atoms with van der Waals surface area (Å²) >= 11 is 6.06. The highest BCUT2D eigenvalue weighted by Crippen LogP contribution is 2.29. The molecule has 0 aliphatic carbocycles. The first-order chi connectivity index (χ1) is 13.1. The number of nitriles is 1. The van der Waals surface area contributed by atoms with E-state index in [9.17, 15) is 10.1 Å². The van der Waals surface area contributed by atoms with E-state index in [-0.39, 0.29) is 5.91 Å². The van der Waals surface area contributed by atoms with Crippen molar-refractivity contribution >= 4 is 34.3 Å². The van der Waals surface area contributed by atoms with E-state index in [1.807, 2.05) is 17.9 Å². The molecule has 0 radical (unpaired) electrons. The predicted octanol–water partition coefficient (Wildman–Crippen LogP) is 3.62. The highest BCUT2D eigenvalue weighted by molar-refractivity contribution is 6.31. The number of halogens is 1. The van der Waals surface area contributed by atoms with Gasteiger partial charge in [0, 0.05) is 48.3 Å². The lowest BCUT2D eigenvalue weighted by Crippen LogP contribution is -2.49. The molecule has 0 saturated carbocycles. The van der Waals surface area contributed by atoms with Crippen LogP contribution in [0.3, 0.4) is 0 Å². The van der Waals surface area contributed by atoms with E-state index < -0.39 is 0 Å². The van der Waals surface area contributed by atoms with Crippen molar-refractivity contribution in [3.8, 4) is 6.07 Å². The molecule has 1 aliphatic rings. The molecule has 0 bridgehead atoms. The van der Waals surface area contributed by atoms with Crippen molar-refractivity contribution in [1.82, 2.24) is 9.88 Å². The van der Waals surface area contributed by atoms with Crippen LogP contribution in [0.2, 0.25) is 5.02 Å². The summed E-state index contributed by atoms with van der Waals surface area (Å²) in [6, 6.07) is 11.0. The van der Waals surface area contributed by atoms with E-state index in [2.05, 4.69) is 11.1 Å². The summed E-state index contributed by atoms with van der Waals surface area (Å²) in [5.41, 5.74) is 2.00. The molecule has 0 atom stereocenters. The van der Waals surface area contributed by atoms with Gasteiger partial charge in [-0.25, -0.2) is 4.98 Å². The average molecular weight is 381 g/mol. The maximum absolute atomic E-state index is 13.0. The van der Waals surface area contributed by atoms with Crippen molar-refractivity contribution in [3.05, 3.63) is 58.4 Å². The Morgan fingerprint density at radius 3 is 2.78 bits per heavy atom. The molecule has 1 saturated heterocycles. The third-order valence-electron chi connectivity index (χ3n) is 4.87. The standard InChI is InChI=1S/C20H17ClN4O2/c1-13-16-11-15(21)4-5-17(16)27-18(13)20(26)25-9-7-24(8-10-25)19-14(12-22)3-2-6-23-19/h2-6,11H,7-10H2,1H3. The zero-order valence-corrected chi connectivity index (χ0v) is 15.5. The Kier molecular flexibility index (Phi) is 4.46. The third kappa shape index (κ3) is 3.11. The molecule has 0 unspecified atom stereocenters. The van der Waals surface area contributed by atoms with Gasteiger partial charge in [-0.05, 0) is 37.3 Å². The van der Waals surface area contributed by atoms with Gasteiger partial charge in [-0.15, -0.1) is 0 Å². The van der Waals surface area contributed by atoms with Gasteiger partial charge in [0.1, 0.15) is 17.5 Å². The molecule has 4 rings (SSSR count). The van der Waals surface area contributed by atoms with Crippen LogP contribution < -0.4 is 4.90 Å². The Morgan fingerprint density at radius 2 is 2.04 bits per heavy atom. The number of rotatable bonds is 2. The van der Waals surface area contributed by atoms with Gasteiger partial charge in [-0.1, -0.05) is 11.6 Å². The fourth-order valence-electron chi connectivity index (χ4n) is 3.40. The van der Waals surface area contributed by atoms with Gasteiger partial charge in [-0.2, -0.15) is 5.26 Å². The predicted molar refractivity (Wildman–Crippen MR) is 103 cm³/mol. The SMILES string of the molecule is Cc1c(C(=O)N2CCN(c3ncccc3C#N)CC2)oc2ccc(Cl)cc12. The first-order valence-corrected chi connectivity index (χ1v) is 9.04. The number of hydrogen-bond acceptors (Lipinski definition) is 5. The summed E-state index contributed by atoms with van der Waals surface area (Å²) < 4.78 is 5.80. The molecule has 1 aliphatic heterocycles. The van der Waals surface area contributed by atoms with Crippen LogP contribution in [-0.4, -0.2) is 42.0 Å². The maximum Gasteiger partial charge on any atom is 0.290 e. The molecule has 1 aromatic carbocycles. The quantitative estimate of drug-likeness (QED) is 0.678. The molecule has 3 heterocycles. The monoisotopic (exact) mass is 380 g/mol. The summed E-state index contributed by atoms with van der Waals surface area (Å²) in [6.07, 6.45) is 1.68. The minimum Gasteiger partial charge on any atom is -0.451 e. The first kappa shape index (κ1) is 17.4. The van der Waals surface area contributed by atoms with Crippen LogP contribution in [0, 0.1) is 18.3 Å². The maximum atomic E-state index is 13.0. The minimum atomic E-state index is -0.124. The summed E-state index contributed by atoms with van der Waals surface area (Å²) in [6.45, 7) is 4.18. The number of nitrogens with zero attached hydrogens (tertiary/aromatic N) is 4. The number of piperazine rings is 1. The van der Waals surface area contributed by atoms with E-state index in [1.165, 1.54) is 0 Å². The number of aryl methyl sites for hydroxylation is 1. The molecular formula is C20H17ClN4O2. The van der Waals surface area contributed by atoms with Crippen LogP contribution in [0.1, 0.15) is 21.7 Å². The van der Waals surface area contributed by atoms with Crippen LogP contribution in [0.4, 0.5) is 5.82 Å². The lowest BCUT2D eigenvalue weighted by molar-refractivity contribution is 0.0716. The molecule has 0 spiro atoms. The third-order valence-corrected chi connectivity index (χ3v) is 5.10. The molecule has 0 N–H and O–H groups in total. The number of hydrogen-bond donors (Lipinski definition) is 0. The van der Waals surface area contributed by atoms with Gasteiger partial charge in [0.2, 0.25) is 0 Å². The molecule has 1 fully saturated rings. The Balaban J connectivity index is 1.52. The van der Waals surface area contributed by atoms with Crippen molar-refractivity contribution in [2.75, 3.05) is 31.1 Å². The van der Waals surface area contributed by atoms with E-state index in [4.69, 9.17) is 16.0 Å². The number of carbonyl (C=O) groups is 1. The molecule has 7 heteroatoms. The second-order valence-corrected chi connectivity index (χ2v) is 6.90. The highest BCUT2D eigenvalue weighted by atomic mass is 35.5. The number of benzene rings is 1. The number of aromatic nitrogens is 1. The second-order valence-electron chi connectivity index (χ2n) is 6.46. The lowest BCUT2D eigenvalue weighted by Gasteiger charge is -2.35. The van der Waals surface area contributed by atoms with Crippen LogP contribution >= 0.6 is 11.6 Å². The Morgan fingerprint density at radius 1 is 1.26 bits per heavy atom. The first-order valence-electron chi connectivity index (χ1n) is 8.66. The number of fused-ring (bicyclic) bond motifs is 1. The number of pyridine rings is 1. The van der Waals surface area contributed by atoms with Gasteiger partial charge >= 0.3 is 0 Å². The molecule has 6 nitrogen and oxygen atoms in total. The molecule has 27 heavy (non-hydrogen) atoms. The fourth-order valence-corrected chi connectivity index (χ4v) is 3.57. The summed E-state index contributed by atoms with van der Waals surface area (Å²) in [5.74, 6) is 0.902. The number of anilines is 1. The zero-order chi connectivity index (χ0) is 19.0. The van der Waals surface area contributed by atoms with Gasteiger partial charge < -0.3 is 14.2 Å². The Hall–Kier alpha value is -3.04. The lowest BCUT2D eigenvalue weighted by atomic mass is 10.1. The van der Waals surface area contributed by atoms with Crippen molar-refractivity contribution in [3.63, 3.8) is 0 Å². The molecule has 1 amide bonds. The molecule has 2 aromatic heterocycles. The molecular weight excluding hydrogens is 364 g/mol. The normalized spacial score (nSPS) is 14.4. The number of furan rings is 1. The smallest absolute Gasteiger partial charge is 0.290 e. The minimum absolute atomic E-state index is 0.124. The van der Waals surface area contributed by atoms with Crippen LogP contribution in [0.5, 0.6) is 0 Å². The number of carbonyl (C=O) groups excluding carboxylic acids is 1. The Bertz CT molecular complexity index is 1060. The van der Waals surface area contributed by atoms with Crippen LogP contribution in [0.25, 0.3) is 11.0 Å². The van der Waals surface area contributed by atoms with Crippen molar-refractivity contribution in [2.45, 2.75) is 6.92 Å². The van der Waals surface area contributed by atoms with Gasteiger partial charge in [0.05, 0.1) is 5.56 Å². The highest BCUT2D eigenvalue weighted by Gasteiger charge is 2.27. The zero-order valence-electron chi connectivity index (χ0n) is 14.8. The average Bonchev–Trinajstić information content (AvgIpc) is 3.03. The van der Waals surface area contributed by atoms with E-state index >= 15 is 0 Å². The van der Waals surface area contributed by atoms with E-state index in [1.54, 1.807) is 35.4 Å². The van der Waals surface area contributed by atoms with Crippen LogP contribution in [-0.2, 0) is 0 Å². The van der Waals surface area contributed by atoms with Gasteiger partial charge in [0.25, 0.3) is 5.91 Å². The fraction of sp³-hybridized carbons (Fsp3) is 0.250. The molecule has 136 valence electrons. The Labute approximate surface area is 161 Å². The van der Waals surface area contributed by atoms with E-state index in [0.29, 0.717) is 53.9 Å². The molecule has 3 aromatic rings. The second kappa shape index (κ2) is 6.93. The van der Waals surface area contributed by atoms with Gasteiger partial charge in [-0.3, -0.25) is 4.79 Å². The van der Waals surface area contributed by atoms with Crippen molar-refractivity contribution in [2.24, 2.45) is 0 Å². The number of amides is 1.